The Morgan fingerprint density at radius 2 is 1.84 bits per heavy atom. The molecule has 1 amide bonds. The van der Waals surface area contributed by atoms with Crippen molar-refractivity contribution in [1.82, 2.24) is 24.9 Å². The molecular weight excluding hydrogens is 514 g/mol. The van der Waals surface area contributed by atoms with Crippen molar-refractivity contribution in [2.24, 2.45) is 0 Å². The van der Waals surface area contributed by atoms with E-state index < -0.39 is 29.0 Å². The molecule has 0 aliphatic rings. The number of carbonyl (C=O) groups excluding carboxylic acids is 1. The molecule has 0 aliphatic heterocycles. The molecule has 0 fully saturated rings. The van der Waals surface area contributed by atoms with Crippen LogP contribution in [-0.4, -0.2) is 30.8 Å². The van der Waals surface area contributed by atoms with Gasteiger partial charge in [-0.15, -0.1) is 0 Å². The van der Waals surface area contributed by atoms with Gasteiger partial charge in [-0.25, -0.2) is 24.3 Å². The van der Waals surface area contributed by atoms with Gasteiger partial charge < -0.3 is 15.6 Å². The van der Waals surface area contributed by atoms with Crippen LogP contribution in [0.15, 0.2) is 67.4 Å². The second kappa shape index (κ2) is 9.47. The molecule has 186 valence electrons. The van der Waals surface area contributed by atoms with Gasteiger partial charge in [-0.3, -0.25) is 4.79 Å². The zero-order valence-corrected chi connectivity index (χ0v) is 19.2. The standard InChI is InChI=1S/C24H14ClF4N7O/c25-17-4-3-15(9-18(17)36-23(37)12-6-13(24(27,28)29)8-14(26)7-12)35-21-16(2-1-5-30-21)19-20-22(33-10-31-19)34-11-32-20/h1-11H,(H,30,35)(H,36,37)(H,31,32,33,34). The molecule has 13 heteroatoms. The Morgan fingerprint density at radius 3 is 2.65 bits per heavy atom. The Labute approximate surface area is 210 Å². The minimum atomic E-state index is -4.82. The van der Waals surface area contributed by atoms with Gasteiger partial charge in [0.2, 0.25) is 0 Å². The molecule has 3 heterocycles. The zero-order valence-electron chi connectivity index (χ0n) is 18.4. The molecule has 0 bridgehead atoms. The van der Waals surface area contributed by atoms with E-state index in [1.54, 1.807) is 24.4 Å². The Morgan fingerprint density at radius 1 is 1.00 bits per heavy atom. The van der Waals surface area contributed by atoms with Crippen LogP contribution in [0.2, 0.25) is 5.02 Å². The molecule has 0 aliphatic carbocycles. The number of H-pyrrole nitrogens is 1. The first-order valence-electron chi connectivity index (χ1n) is 10.5. The molecule has 5 rings (SSSR count). The Kier molecular flexibility index (Phi) is 6.17. The minimum absolute atomic E-state index is 0.0868. The number of nitrogens with zero attached hydrogens (tertiary/aromatic N) is 4. The molecule has 2 aromatic carbocycles. The Hall–Kier alpha value is -4.58. The van der Waals surface area contributed by atoms with Crippen LogP contribution in [-0.2, 0) is 6.18 Å². The monoisotopic (exact) mass is 527 g/mol. The second-order valence-electron chi connectivity index (χ2n) is 7.72. The summed E-state index contributed by atoms with van der Waals surface area (Å²) >= 11 is 6.21. The molecule has 8 nitrogen and oxygen atoms in total. The van der Waals surface area contributed by atoms with Crippen LogP contribution in [0.25, 0.3) is 22.4 Å². The van der Waals surface area contributed by atoms with Gasteiger partial charge in [-0.1, -0.05) is 11.6 Å². The molecule has 0 unspecified atom stereocenters. The number of pyridine rings is 1. The second-order valence-corrected chi connectivity index (χ2v) is 8.13. The number of anilines is 3. The summed E-state index contributed by atoms with van der Waals surface area (Å²) in [5.41, 5.74) is 0.958. The summed E-state index contributed by atoms with van der Waals surface area (Å²) in [7, 11) is 0. The number of fused-ring (bicyclic) bond motifs is 1. The van der Waals surface area contributed by atoms with Gasteiger partial charge in [-0.05, 0) is 48.5 Å². The lowest BCUT2D eigenvalue weighted by Gasteiger charge is -2.14. The predicted octanol–water partition coefficient (Wildman–Crippen LogP) is 6.22. The lowest BCUT2D eigenvalue weighted by atomic mass is 10.1. The maximum absolute atomic E-state index is 13.8. The van der Waals surface area contributed by atoms with Crippen LogP contribution < -0.4 is 10.6 Å². The normalized spacial score (nSPS) is 11.5. The predicted molar refractivity (Wildman–Crippen MR) is 129 cm³/mol. The largest absolute Gasteiger partial charge is 0.416 e. The minimum Gasteiger partial charge on any atom is -0.340 e. The molecule has 37 heavy (non-hydrogen) atoms. The molecule has 3 N–H and O–H groups in total. The van der Waals surface area contributed by atoms with E-state index in [2.05, 4.69) is 35.6 Å². The third-order valence-corrected chi connectivity index (χ3v) is 5.57. The van der Waals surface area contributed by atoms with Crippen molar-refractivity contribution in [1.29, 1.82) is 0 Å². The summed E-state index contributed by atoms with van der Waals surface area (Å²) in [6, 6.07) is 9.65. The van der Waals surface area contributed by atoms with E-state index in [9.17, 15) is 22.4 Å². The van der Waals surface area contributed by atoms with Crippen molar-refractivity contribution in [2.75, 3.05) is 10.6 Å². The van der Waals surface area contributed by atoms with Gasteiger partial charge in [-0.2, -0.15) is 13.2 Å². The molecule has 0 saturated heterocycles. The molecule has 0 radical (unpaired) electrons. The first-order chi connectivity index (χ1) is 17.7. The number of carbonyl (C=O) groups is 1. The quantitative estimate of drug-likeness (QED) is 0.234. The zero-order chi connectivity index (χ0) is 26.2. The number of amides is 1. The fraction of sp³-hybridized carbons (Fsp3) is 0.0417. The number of benzene rings is 2. The highest BCUT2D eigenvalue weighted by atomic mass is 35.5. The summed E-state index contributed by atoms with van der Waals surface area (Å²) in [6.07, 6.45) is -0.365. The average molecular weight is 528 g/mol. The van der Waals surface area contributed by atoms with Crippen LogP contribution in [0, 0.1) is 5.82 Å². The van der Waals surface area contributed by atoms with Gasteiger partial charge in [0.05, 0.1) is 22.6 Å². The number of nitrogens with one attached hydrogen (secondary N) is 3. The van der Waals surface area contributed by atoms with Crippen molar-refractivity contribution >= 4 is 45.9 Å². The Bertz CT molecular complexity index is 1640. The number of aromatic nitrogens is 5. The van der Waals surface area contributed by atoms with E-state index in [-0.39, 0.29) is 10.7 Å². The van der Waals surface area contributed by atoms with Crippen LogP contribution in [0.4, 0.5) is 34.8 Å². The van der Waals surface area contributed by atoms with E-state index in [1.807, 2.05) is 0 Å². The smallest absolute Gasteiger partial charge is 0.340 e. The van der Waals surface area contributed by atoms with Crippen LogP contribution in [0.1, 0.15) is 15.9 Å². The first kappa shape index (κ1) is 24.1. The van der Waals surface area contributed by atoms with Crippen LogP contribution in [0.5, 0.6) is 0 Å². The number of hydrogen-bond acceptors (Lipinski definition) is 6. The molecule has 5 aromatic rings. The van der Waals surface area contributed by atoms with Crippen molar-refractivity contribution < 1.29 is 22.4 Å². The van der Waals surface area contributed by atoms with Gasteiger partial charge in [0, 0.05) is 23.0 Å². The van der Waals surface area contributed by atoms with Crippen LogP contribution in [0.3, 0.4) is 0 Å². The first-order valence-corrected chi connectivity index (χ1v) is 10.9. The van der Waals surface area contributed by atoms with E-state index >= 15 is 0 Å². The third-order valence-electron chi connectivity index (χ3n) is 5.24. The average Bonchev–Trinajstić information content (AvgIpc) is 3.35. The molecule has 0 saturated carbocycles. The van der Waals surface area contributed by atoms with Crippen molar-refractivity contribution in [3.63, 3.8) is 0 Å². The SMILES string of the molecule is O=C(Nc1cc(Nc2ncccc2-c2ncnc3[nH]cnc23)ccc1Cl)c1cc(F)cc(C(F)(F)F)c1. The fourth-order valence-electron chi connectivity index (χ4n) is 3.57. The van der Waals surface area contributed by atoms with Gasteiger partial charge in [0.15, 0.2) is 5.65 Å². The fourth-order valence-corrected chi connectivity index (χ4v) is 3.74. The van der Waals surface area contributed by atoms with Crippen LogP contribution >= 0.6 is 11.6 Å². The highest BCUT2D eigenvalue weighted by Gasteiger charge is 2.32. The molecule has 0 atom stereocenters. The maximum Gasteiger partial charge on any atom is 0.416 e. The summed E-state index contributed by atoms with van der Waals surface area (Å²) in [4.78, 5) is 32.6. The Balaban J connectivity index is 1.44. The third kappa shape index (κ3) is 5.05. The topological polar surface area (TPSA) is 108 Å². The number of rotatable bonds is 5. The summed E-state index contributed by atoms with van der Waals surface area (Å²) in [6.45, 7) is 0. The van der Waals surface area contributed by atoms with Gasteiger partial charge in [0.25, 0.3) is 5.91 Å². The number of alkyl halides is 3. The molecule has 3 aromatic heterocycles. The lowest BCUT2D eigenvalue weighted by molar-refractivity contribution is -0.137. The number of halogens is 5. The summed E-state index contributed by atoms with van der Waals surface area (Å²) in [5, 5.41) is 5.66. The number of aromatic amines is 1. The van der Waals surface area contributed by atoms with Crippen molar-refractivity contribution in [2.45, 2.75) is 6.18 Å². The lowest BCUT2D eigenvalue weighted by Crippen LogP contribution is -2.15. The summed E-state index contributed by atoms with van der Waals surface area (Å²) < 4.78 is 52.9. The molecular formula is C24H14ClF4N7O. The van der Waals surface area contributed by atoms with Gasteiger partial charge >= 0.3 is 6.18 Å². The van der Waals surface area contributed by atoms with E-state index in [0.29, 0.717) is 52.1 Å². The summed E-state index contributed by atoms with van der Waals surface area (Å²) in [5.74, 6) is -1.76. The van der Waals surface area contributed by atoms with Crippen molar-refractivity contribution in [3.8, 4) is 11.3 Å². The molecule has 0 spiro atoms. The number of imidazole rings is 1. The maximum atomic E-state index is 13.8. The van der Waals surface area contributed by atoms with Gasteiger partial charge in [0.1, 0.15) is 29.2 Å². The highest BCUT2D eigenvalue weighted by Crippen LogP contribution is 2.34. The van der Waals surface area contributed by atoms with E-state index in [1.165, 1.54) is 24.8 Å². The number of hydrogen-bond donors (Lipinski definition) is 3. The highest BCUT2D eigenvalue weighted by molar-refractivity contribution is 6.34. The van der Waals surface area contributed by atoms with E-state index in [4.69, 9.17) is 11.6 Å². The van der Waals surface area contributed by atoms with Crippen molar-refractivity contribution in [3.05, 3.63) is 89.3 Å². The van der Waals surface area contributed by atoms with E-state index in [0.717, 1.165) is 0 Å².